The van der Waals surface area contributed by atoms with Crippen LogP contribution in [0.3, 0.4) is 0 Å². The lowest BCUT2D eigenvalue weighted by Crippen LogP contribution is -2.36. The van der Waals surface area contributed by atoms with Crippen molar-refractivity contribution >= 4 is 14.5 Å². The molecule has 0 atom stereocenters. The van der Waals surface area contributed by atoms with E-state index in [1.807, 2.05) is 33.9 Å². The van der Waals surface area contributed by atoms with Crippen molar-refractivity contribution in [2.24, 2.45) is 4.66 Å². The standard InChI is InChI=1S/C8H16F3NSi/c1-7(2,3)13(4,5)12-6-8(9,10)11/h6H,1-5H3. The third kappa shape index (κ3) is 4.45. The molecule has 0 saturated carbocycles. The van der Waals surface area contributed by atoms with Crippen LogP contribution in [0.4, 0.5) is 13.2 Å². The fourth-order valence-corrected chi connectivity index (χ4v) is 1.28. The highest BCUT2D eigenvalue weighted by atomic mass is 28.3. The molecule has 0 aliphatic rings. The van der Waals surface area contributed by atoms with Crippen molar-refractivity contribution in [3.05, 3.63) is 0 Å². The Labute approximate surface area is 78.1 Å². The van der Waals surface area contributed by atoms with Crippen LogP contribution >= 0.6 is 0 Å². The summed E-state index contributed by atoms with van der Waals surface area (Å²) < 4.78 is 39.2. The molecule has 0 aromatic carbocycles. The maximum Gasteiger partial charge on any atom is 0.425 e. The minimum Gasteiger partial charge on any atom is -0.324 e. The van der Waals surface area contributed by atoms with Gasteiger partial charge < -0.3 is 4.66 Å². The van der Waals surface area contributed by atoms with Gasteiger partial charge in [-0.15, -0.1) is 0 Å². The topological polar surface area (TPSA) is 12.4 Å². The van der Waals surface area contributed by atoms with Gasteiger partial charge in [0.25, 0.3) is 0 Å². The summed E-state index contributed by atoms with van der Waals surface area (Å²) in [6.45, 7) is 9.43. The Bertz CT molecular complexity index is 200. The van der Waals surface area contributed by atoms with E-state index in [-0.39, 0.29) is 11.3 Å². The summed E-state index contributed by atoms with van der Waals surface area (Å²) in [5.41, 5.74) is 0. The van der Waals surface area contributed by atoms with Gasteiger partial charge in [-0.05, 0) is 18.1 Å². The Morgan fingerprint density at radius 1 is 1.08 bits per heavy atom. The fraction of sp³-hybridized carbons (Fsp3) is 0.875. The van der Waals surface area contributed by atoms with E-state index in [1.54, 1.807) is 0 Å². The summed E-state index contributed by atoms with van der Waals surface area (Å²) in [6.07, 6.45) is -4.15. The zero-order valence-electron chi connectivity index (χ0n) is 8.66. The van der Waals surface area contributed by atoms with E-state index in [4.69, 9.17) is 0 Å². The van der Waals surface area contributed by atoms with Crippen LogP contribution in [0.5, 0.6) is 0 Å². The van der Waals surface area contributed by atoms with Gasteiger partial charge in [0.2, 0.25) is 0 Å². The number of alkyl halides is 3. The first-order valence-corrected chi connectivity index (χ1v) is 7.03. The van der Waals surface area contributed by atoms with E-state index in [2.05, 4.69) is 4.66 Å². The van der Waals surface area contributed by atoms with Crippen LogP contribution in [0.2, 0.25) is 18.1 Å². The van der Waals surface area contributed by atoms with E-state index in [0.29, 0.717) is 0 Å². The van der Waals surface area contributed by atoms with Crippen molar-refractivity contribution in [2.75, 3.05) is 0 Å². The van der Waals surface area contributed by atoms with Gasteiger partial charge in [-0.2, -0.15) is 13.2 Å². The van der Waals surface area contributed by atoms with Gasteiger partial charge in [-0.1, -0.05) is 20.8 Å². The van der Waals surface area contributed by atoms with E-state index in [9.17, 15) is 13.2 Å². The van der Waals surface area contributed by atoms with E-state index >= 15 is 0 Å². The third-order valence-electron chi connectivity index (χ3n) is 2.37. The van der Waals surface area contributed by atoms with Crippen LogP contribution in [0.25, 0.3) is 0 Å². The van der Waals surface area contributed by atoms with Crippen LogP contribution in [0.15, 0.2) is 4.66 Å². The molecule has 13 heavy (non-hydrogen) atoms. The quantitative estimate of drug-likeness (QED) is 0.464. The van der Waals surface area contributed by atoms with Crippen molar-refractivity contribution in [1.82, 2.24) is 0 Å². The Morgan fingerprint density at radius 2 is 1.46 bits per heavy atom. The Morgan fingerprint density at radius 3 is 1.69 bits per heavy atom. The molecule has 1 nitrogen and oxygen atoms in total. The number of hydrogen-bond acceptors (Lipinski definition) is 1. The van der Waals surface area contributed by atoms with Gasteiger partial charge in [0.15, 0.2) is 8.24 Å². The first kappa shape index (κ1) is 12.7. The Kier molecular flexibility index (Phi) is 3.35. The van der Waals surface area contributed by atoms with Crippen molar-refractivity contribution in [3.8, 4) is 0 Å². The second-order valence-corrected chi connectivity index (χ2v) is 9.49. The summed E-state index contributed by atoms with van der Waals surface area (Å²) >= 11 is 0. The molecule has 0 rings (SSSR count). The normalized spacial score (nSPS) is 15.4. The molecule has 0 amide bonds. The highest BCUT2D eigenvalue weighted by molar-refractivity contribution is 6.79. The number of halogens is 3. The van der Waals surface area contributed by atoms with Gasteiger partial charge in [0.1, 0.15) is 0 Å². The van der Waals surface area contributed by atoms with Crippen molar-refractivity contribution in [3.63, 3.8) is 0 Å². The Hall–Kier alpha value is -0.323. The van der Waals surface area contributed by atoms with Crippen LogP contribution in [0, 0.1) is 0 Å². The minimum atomic E-state index is -4.28. The van der Waals surface area contributed by atoms with Crippen molar-refractivity contribution in [2.45, 2.75) is 45.1 Å². The molecule has 0 bridgehead atoms. The molecule has 0 N–H and O–H groups in total. The lowest BCUT2D eigenvalue weighted by molar-refractivity contribution is -0.0534. The highest BCUT2D eigenvalue weighted by Crippen LogP contribution is 2.36. The van der Waals surface area contributed by atoms with Gasteiger partial charge in [0, 0.05) is 0 Å². The number of rotatable bonds is 1. The lowest BCUT2D eigenvalue weighted by atomic mass is 10.2. The fourth-order valence-electron chi connectivity index (χ4n) is 0.428. The molecule has 0 radical (unpaired) electrons. The number of hydrogen-bond donors (Lipinski definition) is 0. The molecule has 0 aromatic heterocycles. The molecule has 0 aliphatic carbocycles. The average Bonchev–Trinajstić information content (AvgIpc) is 1.79. The molecular weight excluding hydrogens is 195 g/mol. The molecule has 0 saturated heterocycles. The first-order chi connectivity index (χ1) is 5.46. The molecule has 0 heterocycles. The van der Waals surface area contributed by atoms with Crippen LogP contribution in [-0.2, 0) is 0 Å². The van der Waals surface area contributed by atoms with E-state index in [0.717, 1.165) is 0 Å². The van der Waals surface area contributed by atoms with Crippen LogP contribution in [0.1, 0.15) is 20.8 Å². The maximum absolute atomic E-state index is 11.8. The van der Waals surface area contributed by atoms with Crippen molar-refractivity contribution < 1.29 is 13.2 Å². The summed E-state index contributed by atoms with van der Waals surface area (Å²) in [4.78, 5) is 0. The predicted molar refractivity (Wildman–Crippen MR) is 51.7 cm³/mol. The zero-order chi connectivity index (χ0) is 10.9. The predicted octanol–water partition coefficient (Wildman–Crippen LogP) is 3.62. The van der Waals surface area contributed by atoms with Crippen molar-refractivity contribution in [1.29, 1.82) is 0 Å². The molecule has 0 fully saturated rings. The maximum atomic E-state index is 11.8. The van der Waals surface area contributed by atoms with Gasteiger partial charge in [0.05, 0.1) is 6.21 Å². The van der Waals surface area contributed by atoms with E-state index < -0.39 is 14.4 Å². The third-order valence-corrected chi connectivity index (χ3v) is 6.81. The molecule has 0 aliphatic heterocycles. The highest BCUT2D eigenvalue weighted by Gasteiger charge is 2.36. The van der Waals surface area contributed by atoms with Crippen LogP contribution < -0.4 is 0 Å². The monoisotopic (exact) mass is 211 g/mol. The summed E-state index contributed by atoms with van der Waals surface area (Å²) in [5, 5.41) is -0.144. The number of nitrogens with zero attached hydrogens (tertiary/aromatic N) is 1. The van der Waals surface area contributed by atoms with Gasteiger partial charge in [-0.3, -0.25) is 0 Å². The zero-order valence-corrected chi connectivity index (χ0v) is 9.66. The molecule has 78 valence electrons. The molecule has 5 heteroatoms. The van der Waals surface area contributed by atoms with Gasteiger partial charge in [-0.25, -0.2) is 0 Å². The smallest absolute Gasteiger partial charge is 0.324 e. The SMILES string of the molecule is CC(C)(C)[Si](C)(C)N=CC(F)(F)F. The van der Waals surface area contributed by atoms with E-state index in [1.165, 1.54) is 0 Å². The largest absolute Gasteiger partial charge is 0.425 e. The molecular formula is C8H16F3NSi. The first-order valence-electron chi connectivity index (χ1n) is 4.09. The summed E-state index contributed by atoms with van der Waals surface area (Å²) in [7, 11) is -2.17. The summed E-state index contributed by atoms with van der Waals surface area (Å²) in [6, 6.07) is 0. The van der Waals surface area contributed by atoms with Crippen LogP contribution in [-0.4, -0.2) is 20.6 Å². The lowest BCUT2D eigenvalue weighted by Gasteiger charge is -2.32. The Balaban J connectivity index is 4.62. The minimum absolute atomic E-state index is 0.129. The second kappa shape index (κ2) is 3.44. The molecule has 0 spiro atoms. The molecule has 0 unspecified atom stereocenters. The van der Waals surface area contributed by atoms with Gasteiger partial charge >= 0.3 is 6.18 Å². The summed E-state index contributed by atoms with van der Waals surface area (Å²) in [5.74, 6) is 0. The molecule has 0 aromatic rings. The average molecular weight is 211 g/mol. The second-order valence-electron chi connectivity index (χ2n) is 4.61.